The van der Waals surface area contributed by atoms with Gasteiger partial charge >= 0.3 is 24.1 Å². The van der Waals surface area contributed by atoms with Crippen LogP contribution in [0.4, 0.5) is 18.9 Å². The Morgan fingerprint density at radius 2 is 1.39 bits per heavy atom. The average molecular weight is 677 g/mol. The van der Waals surface area contributed by atoms with Crippen LogP contribution in [0.1, 0.15) is 44.3 Å². The van der Waals surface area contributed by atoms with E-state index in [1.807, 2.05) is 0 Å². The van der Waals surface area contributed by atoms with E-state index in [2.05, 4.69) is 5.32 Å². The van der Waals surface area contributed by atoms with Crippen LogP contribution in [0.3, 0.4) is 0 Å². The molecule has 4 aromatic carbocycles. The zero-order valence-electron chi connectivity index (χ0n) is 26.3. The third-order valence-electron chi connectivity index (χ3n) is 7.87. The summed E-state index contributed by atoms with van der Waals surface area (Å²) < 4.78 is 44.5. The zero-order valence-corrected chi connectivity index (χ0v) is 26.3. The molecule has 0 aliphatic rings. The van der Waals surface area contributed by atoms with Crippen LogP contribution in [-0.2, 0) is 37.1 Å². The standard InChI is InChI=1S/C36H31F3N2O8/c1-3-41(2)32(44)28-19-22(20-30(42)49-21-35(33(45)46,34(47)48)24-9-5-4-6-10-24)13-18-29(28)40-31(43)27-12-8-7-11-26(27)23-14-16-25(17-15-23)36(37,38)39/h4-19H,3,20-21H2,1-2H3,(H,40,43)(H,45,46)(H,47,48). The fourth-order valence-electron chi connectivity index (χ4n) is 4.97. The van der Waals surface area contributed by atoms with E-state index >= 15 is 0 Å². The molecule has 13 heteroatoms. The molecule has 0 saturated carbocycles. The molecule has 2 amide bonds. The summed E-state index contributed by atoms with van der Waals surface area (Å²) in [6.07, 6.45) is -5.00. The number of nitrogens with zero attached hydrogens (tertiary/aromatic N) is 1. The van der Waals surface area contributed by atoms with Crippen LogP contribution >= 0.6 is 0 Å². The number of halogens is 3. The van der Waals surface area contributed by atoms with Gasteiger partial charge in [-0.15, -0.1) is 0 Å². The Kier molecular flexibility index (Phi) is 10.9. The molecule has 0 radical (unpaired) electrons. The normalized spacial score (nSPS) is 11.4. The monoisotopic (exact) mass is 676 g/mol. The maximum Gasteiger partial charge on any atom is 0.416 e. The number of amides is 2. The molecule has 0 aromatic heterocycles. The van der Waals surface area contributed by atoms with Gasteiger partial charge in [-0.3, -0.25) is 24.0 Å². The van der Waals surface area contributed by atoms with E-state index in [0.29, 0.717) is 17.7 Å². The van der Waals surface area contributed by atoms with Crippen LogP contribution in [0.15, 0.2) is 97.1 Å². The molecule has 0 heterocycles. The van der Waals surface area contributed by atoms with E-state index in [4.69, 9.17) is 4.74 Å². The number of rotatable bonds is 12. The van der Waals surface area contributed by atoms with E-state index in [1.165, 1.54) is 72.6 Å². The van der Waals surface area contributed by atoms with Gasteiger partial charge in [0.15, 0.2) is 0 Å². The zero-order chi connectivity index (χ0) is 35.9. The molecule has 0 atom stereocenters. The minimum Gasteiger partial charge on any atom is -0.480 e. The molecule has 0 aliphatic carbocycles. The first-order valence-electron chi connectivity index (χ1n) is 14.8. The molecule has 4 rings (SSSR count). The summed E-state index contributed by atoms with van der Waals surface area (Å²) in [5.74, 6) is -5.59. The Morgan fingerprint density at radius 3 is 1.98 bits per heavy atom. The highest BCUT2D eigenvalue weighted by molar-refractivity contribution is 6.12. The van der Waals surface area contributed by atoms with Gasteiger partial charge < -0.3 is 25.2 Å². The lowest BCUT2D eigenvalue weighted by Crippen LogP contribution is -2.48. The summed E-state index contributed by atoms with van der Waals surface area (Å²) in [6.45, 7) is 1.01. The van der Waals surface area contributed by atoms with Crippen molar-refractivity contribution in [3.8, 4) is 11.1 Å². The average Bonchev–Trinajstić information content (AvgIpc) is 3.08. The minimum absolute atomic E-state index is 0.00437. The summed E-state index contributed by atoms with van der Waals surface area (Å²) >= 11 is 0. The molecule has 0 bridgehead atoms. The van der Waals surface area contributed by atoms with E-state index in [0.717, 1.165) is 12.1 Å². The highest BCUT2D eigenvalue weighted by atomic mass is 19.4. The number of esters is 1. The first-order chi connectivity index (χ1) is 23.2. The Labute approximate surface area is 278 Å². The number of carbonyl (C=O) groups excluding carboxylic acids is 3. The number of aliphatic carboxylic acids is 2. The van der Waals surface area contributed by atoms with Crippen molar-refractivity contribution >= 4 is 35.4 Å². The first kappa shape index (κ1) is 35.9. The third-order valence-corrected chi connectivity index (χ3v) is 7.87. The van der Waals surface area contributed by atoms with Crippen molar-refractivity contribution in [3.63, 3.8) is 0 Å². The maximum absolute atomic E-state index is 13.5. The van der Waals surface area contributed by atoms with E-state index in [1.54, 1.807) is 31.2 Å². The second-order valence-electron chi connectivity index (χ2n) is 11.0. The van der Waals surface area contributed by atoms with Gasteiger partial charge in [0.05, 0.1) is 23.2 Å². The van der Waals surface area contributed by atoms with Crippen LogP contribution in [0.5, 0.6) is 0 Å². The predicted octanol–water partition coefficient (Wildman–Crippen LogP) is 5.91. The Morgan fingerprint density at radius 1 is 0.776 bits per heavy atom. The van der Waals surface area contributed by atoms with Crippen molar-refractivity contribution in [1.29, 1.82) is 0 Å². The largest absolute Gasteiger partial charge is 0.480 e. The van der Waals surface area contributed by atoms with Crippen molar-refractivity contribution in [1.82, 2.24) is 4.90 Å². The van der Waals surface area contributed by atoms with E-state index in [-0.39, 0.29) is 27.9 Å². The van der Waals surface area contributed by atoms with Gasteiger partial charge in [-0.2, -0.15) is 13.2 Å². The lowest BCUT2D eigenvalue weighted by atomic mass is 9.81. The fraction of sp³-hybridized carbons (Fsp3) is 0.194. The number of carboxylic acid groups (broad SMARTS) is 2. The van der Waals surface area contributed by atoms with Crippen LogP contribution < -0.4 is 5.32 Å². The smallest absolute Gasteiger partial charge is 0.416 e. The molecule has 0 fully saturated rings. The molecule has 0 unspecified atom stereocenters. The van der Waals surface area contributed by atoms with Gasteiger partial charge in [0.1, 0.15) is 6.61 Å². The predicted molar refractivity (Wildman–Crippen MR) is 172 cm³/mol. The molecule has 10 nitrogen and oxygen atoms in total. The lowest BCUT2D eigenvalue weighted by molar-refractivity contribution is -0.164. The quantitative estimate of drug-likeness (QED) is 0.124. The second-order valence-corrected chi connectivity index (χ2v) is 11.0. The second kappa shape index (κ2) is 14.8. The van der Waals surface area contributed by atoms with Gasteiger partial charge in [-0.1, -0.05) is 66.7 Å². The molecule has 0 saturated heterocycles. The van der Waals surface area contributed by atoms with E-state index in [9.17, 15) is 47.4 Å². The van der Waals surface area contributed by atoms with Crippen molar-refractivity contribution in [2.75, 3.05) is 25.5 Å². The summed E-state index contributed by atoms with van der Waals surface area (Å²) in [7, 11) is 1.52. The van der Waals surface area contributed by atoms with Crippen molar-refractivity contribution in [2.24, 2.45) is 0 Å². The van der Waals surface area contributed by atoms with Crippen LogP contribution in [0.2, 0.25) is 0 Å². The molecule has 0 aliphatic heterocycles. The number of hydrogen-bond acceptors (Lipinski definition) is 6. The molecule has 49 heavy (non-hydrogen) atoms. The topological polar surface area (TPSA) is 150 Å². The van der Waals surface area contributed by atoms with Crippen molar-refractivity contribution < 1.29 is 52.1 Å². The third kappa shape index (κ3) is 7.95. The summed E-state index contributed by atoms with van der Waals surface area (Å²) in [6, 6.07) is 21.8. The van der Waals surface area contributed by atoms with Gasteiger partial charge in [-0.25, -0.2) is 0 Å². The molecule has 254 valence electrons. The lowest BCUT2D eigenvalue weighted by Gasteiger charge is -2.25. The summed E-state index contributed by atoms with van der Waals surface area (Å²) in [5, 5.41) is 22.4. The van der Waals surface area contributed by atoms with Crippen LogP contribution in [-0.4, -0.2) is 65.0 Å². The van der Waals surface area contributed by atoms with Gasteiger partial charge in [0.25, 0.3) is 11.8 Å². The maximum atomic E-state index is 13.5. The van der Waals surface area contributed by atoms with Crippen molar-refractivity contribution in [2.45, 2.75) is 24.9 Å². The number of anilines is 1. The van der Waals surface area contributed by atoms with Gasteiger partial charge in [-0.05, 0) is 59.5 Å². The van der Waals surface area contributed by atoms with Crippen LogP contribution in [0.25, 0.3) is 11.1 Å². The minimum atomic E-state index is -4.53. The Hall–Kier alpha value is -5.98. The first-order valence-corrected chi connectivity index (χ1v) is 14.8. The van der Waals surface area contributed by atoms with Gasteiger partial charge in [0.2, 0.25) is 5.41 Å². The molecular weight excluding hydrogens is 645 g/mol. The highest BCUT2D eigenvalue weighted by Crippen LogP contribution is 2.32. The number of alkyl halides is 3. The SMILES string of the molecule is CCN(C)C(=O)c1cc(CC(=O)OCC(C(=O)O)(C(=O)O)c2ccccc2)ccc1NC(=O)c1ccccc1-c1ccc(C(F)(F)F)cc1. The number of nitrogens with one attached hydrogen (secondary N) is 1. The Bertz CT molecular complexity index is 1860. The molecule has 3 N–H and O–H groups in total. The number of ether oxygens (including phenoxy) is 1. The highest BCUT2D eigenvalue weighted by Gasteiger charge is 2.50. The van der Waals surface area contributed by atoms with E-state index < -0.39 is 59.9 Å². The summed E-state index contributed by atoms with van der Waals surface area (Å²) in [5.41, 5.74) is -2.35. The number of carboxylic acids is 2. The van der Waals surface area contributed by atoms with Crippen LogP contribution in [0, 0.1) is 0 Å². The van der Waals surface area contributed by atoms with Gasteiger partial charge in [0, 0.05) is 19.2 Å². The number of benzene rings is 4. The Balaban J connectivity index is 1.59. The van der Waals surface area contributed by atoms with Crippen molar-refractivity contribution in [3.05, 3.63) is 125 Å². The number of carbonyl (C=O) groups is 5. The molecule has 4 aromatic rings. The fourth-order valence-corrected chi connectivity index (χ4v) is 4.97. The summed E-state index contributed by atoms with van der Waals surface area (Å²) in [4.78, 5) is 65.4. The molecule has 0 spiro atoms. The number of hydrogen-bond donors (Lipinski definition) is 3. The molecular formula is C36H31F3N2O8.